The first-order valence-electron chi connectivity index (χ1n) is 7.41. The molecule has 1 aliphatic rings. The molecule has 1 saturated heterocycles. The van der Waals surface area contributed by atoms with Crippen molar-refractivity contribution in [2.75, 3.05) is 13.7 Å². The minimum Gasteiger partial charge on any atom is -0.359 e. The number of likely N-dealkylation sites (N-methyl/N-ethyl adjacent to an activating group) is 1. The molecule has 1 amide bonds. The van der Waals surface area contributed by atoms with Gasteiger partial charge in [-0.1, -0.05) is 13.3 Å². The highest BCUT2D eigenvalue weighted by atomic mass is 32.1. The lowest BCUT2D eigenvalue weighted by Crippen LogP contribution is -2.42. The quantitative estimate of drug-likeness (QED) is 0.878. The molecule has 0 aromatic carbocycles. The smallest absolute Gasteiger partial charge is 0.244 e. The molecule has 20 heavy (non-hydrogen) atoms. The summed E-state index contributed by atoms with van der Waals surface area (Å²) in [6.07, 6.45) is 5.12. The number of thiophene rings is 1. The third kappa shape index (κ3) is 3.81. The molecule has 2 atom stereocenters. The maximum absolute atomic E-state index is 12.5. The molecule has 0 spiro atoms. The van der Waals surface area contributed by atoms with E-state index in [1.54, 1.807) is 11.3 Å². The summed E-state index contributed by atoms with van der Waals surface area (Å²) in [5.74, 6) is 0.0107. The van der Waals surface area contributed by atoms with Gasteiger partial charge < -0.3 is 15.4 Å². The van der Waals surface area contributed by atoms with Gasteiger partial charge in [0.2, 0.25) is 5.91 Å². The largest absolute Gasteiger partial charge is 0.359 e. The lowest BCUT2D eigenvalue weighted by atomic mass is 10.1. The average Bonchev–Trinajstić information content (AvgIpc) is 2.76. The Hall–Kier alpha value is -0.910. The average molecular weight is 296 g/mol. The Morgan fingerprint density at radius 1 is 1.50 bits per heavy atom. The number of hydrogen-bond acceptors (Lipinski definition) is 4. The highest BCUT2D eigenvalue weighted by molar-refractivity contribution is 7.10. The monoisotopic (exact) mass is 296 g/mol. The van der Waals surface area contributed by atoms with Crippen LogP contribution in [0.2, 0.25) is 0 Å². The molecule has 2 unspecified atom stereocenters. The van der Waals surface area contributed by atoms with Crippen LogP contribution < -0.4 is 10.6 Å². The minimum absolute atomic E-state index is 0.0107. The first kappa shape index (κ1) is 15.5. The number of amides is 1. The number of nitrogens with one attached hydrogen (secondary N) is 2. The van der Waals surface area contributed by atoms with Crippen LogP contribution in [-0.4, -0.2) is 25.8 Å². The predicted octanol–water partition coefficient (Wildman–Crippen LogP) is 2.60. The molecular formula is C15H24N2O2S. The number of carbonyl (C=O) groups is 1. The maximum Gasteiger partial charge on any atom is 0.244 e. The Kier molecular flexibility index (Phi) is 6.01. The lowest BCUT2D eigenvalue weighted by molar-refractivity contribution is -0.127. The Balaban J connectivity index is 2.01. The summed E-state index contributed by atoms with van der Waals surface area (Å²) in [7, 11) is 1.83. The van der Waals surface area contributed by atoms with Crippen LogP contribution >= 0.6 is 11.3 Å². The van der Waals surface area contributed by atoms with Gasteiger partial charge in [-0.25, -0.2) is 0 Å². The standard InChI is InChI=1S/C15H24N2O2S/c1-3-11-8-10-20-14(11)13(16-2)15(18)17-12-7-5-4-6-9-19-12/h8,10,12-13,16H,3-7,9H2,1-2H3,(H,17,18). The summed E-state index contributed by atoms with van der Waals surface area (Å²) < 4.78 is 5.69. The van der Waals surface area contributed by atoms with Crippen LogP contribution in [0.3, 0.4) is 0 Å². The highest BCUT2D eigenvalue weighted by Gasteiger charge is 2.25. The van der Waals surface area contributed by atoms with Gasteiger partial charge in [0.05, 0.1) is 0 Å². The van der Waals surface area contributed by atoms with Crippen LogP contribution in [0.15, 0.2) is 11.4 Å². The fourth-order valence-corrected chi connectivity index (χ4v) is 3.65. The van der Waals surface area contributed by atoms with Crippen molar-refractivity contribution < 1.29 is 9.53 Å². The van der Waals surface area contributed by atoms with Crippen molar-refractivity contribution in [3.8, 4) is 0 Å². The first-order chi connectivity index (χ1) is 9.76. The van der Waals surface area contributed by atoms with E-state index in [1.165, 1.54) is 12.0 Å². The summed E-state index contributed by atoms with van der Waals surface area (Å²) in [6.45, 7) is 2.86. The topological polar surface area (TPSA) is 50.4 Å². The van der Waals surface area contributed by atoms with E-state index in [1.807, 2.05) is 12.4 Å². The summed E-state index contributed by atoms with van der Waals surface area (Å²) in [6, 6.07) is 1.82. The van der Waals surface area contributed by atoms with Crippen molar-refractivity contribution in [2.45, 2.75) is 51.3 Å². The van der Waals surface area contributed by atoms with Crippen LogP contribution in [0.25, 0.3) is 0 Å². The molecule has 1 aromatic rings. The van der Waals surface area contributed by atoms with Gasteiger partial charge in [-0.2, -0.15) is 0 Å². The number of aryl methyl sites for hydroxylation is 1. The Morgan fingerprint density at radius 2 is 2.35 bits per heavy atom. The van der Waals surface area contributed by atoms with Crippen molar-refractivity contribution in [3.05, 3.63) is 21.9 Å². The molecule has 2 rings (SSSR count). The molecule has 112 valence electrons. The van der Waals surface area contributed by atoms with E-state index < -0.39 is 0 Å². The van der Waals surface area contributed by atoms with Gasteiger partial charge in [-0.15, -0.1) is 11.3 Å². The Morgan fingerprint density at radius 3 is 3.10 bits per heavy atom. The molecular weight excluding hydrogens is 272 g/mol. The molecule has 1 fully saturated rings. The van der Waals surface area contributed by atoms with E-state index in [4.69, 9.17) is 4.74 Å². The SMILES string of the molecule is CCc1ccsc1C(NC)C(=O)NC1CCCCCO1. The van der Waals surface area contributed by atoms with E-state index in [2.05, 4.69) is 23.6 Å². The molecule has 1 aromatic heterocycles. The van der Waals surface area contributed by atoms with E-state index in [-0.39, 0.29) is 18.2 Å². The fraction of sp³-hybridized carbons (Fsp3) is 0.667. The Bertz CT molecular complexity index is 425. The number of carbonyl (C=O) groups excluding carboxylic acids is 1. The third-order valence-electron chi connectivity index (χ3n) is 3.71. The van der Waals surface area contributed by atoms with Crippen molar-refractivity contribution >= 4 is 17.2 Å². The van der Waals surface area contributed by atoms with Crippen LogP contribution in [0.5, 0.6) is 0 Å². The number of hydrogen-bond donors (Lipinski definition) is 2. The van der Waals surface area contributed by atoms with Crippen LogP contribution in [-0.2, 0) is 16.0 Å². The van der Waals surface area contributed by atoms with Crippen LogP contribution in [0, 0.1) is 0 Å². The molecule has 5 heteroatoms. The number of rotatable bonds is 5. The second-order valence-electron chi connectivity index (χ2n) is 5.10. The van der Waals surface area contributed by atoms with Gasteiger partial charge in [-0.05, 0) is 49.7 Å². The summed E-state index contributed by atoms with van der Waals surface area (Å²) in [4.78, 5) is 13.6. The third-order valence-corrected chi connectivity index (χ3v) is 4.73. The highest BCUT2D eigenvalue weighted by Crippen LogP contribution is 2.25. The van der Waals surface area contributed by atoms with Crippen molar-refractivity contribution in [1.29, 1.82) is 0 Å². The normalized spacial score (nSPS) is 21.2. The van der Waals surface area contributed by atoms with Crippen molar-refractivity contribution in [3.63, 3.8) is 0 Å². The van der Waals surface area contributed by atoms with Gasteiger partial charge in [0.15, 0.2) is 0 Å². The number of ether oxygens (including phenoxy) is 1. The molecule has 2 N–H and O–H groups in total. The van der Waals surface area contributed by atoms with E-state index in [0.29, 0.717) is 0 Å². The minimum atomic E-state index is -0.281. The van der Waals surface area contributed by atoms with Gasteiger partial charge >= 0.3 is 0 Å². The van der Waals surface area contributed by atoms with E-state index >= 15 is 0 Å². The van der Waals surface area contributed by atoms with E-state index in [9.17, 15) is 4.79 Å². The Labute approximate surface area is 124 Å². The summed E-state index contributed by atoms with van der Waals surface area (Å²) >= 11 is 1.64. The van der Waals surface area contributed by atoms with Crippen molar-refractivity contribution in [1.82, 2.24) is 10.6 Å². The molecule has 1 aliphatic heterocycles. The maximum atomic E-state index is 12.5. The van der Waals surface area contributed by atoms with E-state index in [0.717, 1.165) is 37.2 Å². The van der Waals surface area contributed by atoms with Gasteiger partial charge in [0.25, 0.3) is 0 Å². The second kappa shape index (κ2) is 7.76. The van der Waals surface area contributed by atoms with Gasteiger partial charge in [-0.3, -0.25) is 4.79 Å². The summed E-state index contributed by atoms with van der Waals surface area (Å²) in [5.41, 5.74) is 1.24. The summed E-state index contributed by atoms with van der Waals surface area (Å²) in [5, 5.41) is 8.21. The molecule has 0 radical (unpaired) electrons. The zero-order chi connectivity index (χ0) is 14.4. The molecule has 0 saturated carbocycles. The van der Waals surface area contributed by atoms with Crippen LogP contribution in [0.4, 0.5) is 0 Å². The molecule has 2 heterocycles. The predicted molar refractivity (Wildman–Crippen MR) is 81.8 cm³/mol. The van der Waals surface area contributed by atoms with Gasteiger partial charge in [0, 0.05) is 11.5 Å². The molecule has 0 bridgehead atoms. The molecule has 0 aliphatic carbocycles. The zero-order valence-electron chi connectivity index (χ0n) is 12.3. The lowest BCUT2D eigenvalue weighted by Gasteiger charge is -2.21. The van der Waals surface area contributed by atoms with Gasteiger partial charge in [0.1, 0.15) is 12.3 Å². The van der Waals surface area contributed by atoms with Crippen LogP contribution in [0.1, 0.15) is 49.1 Å². The second-order valence-corrected chi connectivity index (χ2v) is 6.05. The zero-order valence-corrected chi connectivity index (χ0v) is 13.1. The van der Waals surface area contributed by atoms with Crippen molar-refractivity contribution in [2.24, 2.45) is 0 Å². The fourth-order valence-electron chi connectivity index (χ4n) is 2.55. The first-order valence-corrected chi connectivity index (χ1v) is 8.29. The molecule has 4 nitrogen and oxygen atoms in total.